The van der Waals surface area contributed by atoms with Crippen molar-refractivity contribution < 1.29 is 4.74 Å². The highest BCUT2D eigenvalue weighted by molar-refractivity contribution is 5.61. The van der Waals surface area contributed by atoms with E-state index in [0.29, 0.717) is 5.95 Å². The van der Waals surface area contributed by atoms with Gasteiger partial charge in [-0.15, -0.1) is 0 Å². The Morgan fingerprint density at radius 3 is 2.87 bits per heavy atom. The molecule has 1 aliphatic rings. The number of nitrogens with one attached hydrogen (secondary N) is 2. The van der Waals surface area contributed by atoms with E-state index < -0.39 is 0 Å². The predicted octanol–water partition coefficient (Wildman–Crippen LogP) is 2.95. The maximum atomic E-state index is 5.65. The molecule has 122 valence electrons. The van der Waals surface area contributed by atoms with Gasteiger partial charge in [0.05, 0.1) is 17.5 Å². The Morgan fingerprint density at radius 2 is 2.17 bits per heavy atom. The maximum absolute atomic E-state index is 5.65. The van der Waals surface area contributed by atoms with Crippen LogP contribution in [0.5, 0.6) is 0 Å². The van der Waals surface area contributed by atoms with Gasteiger partial charge in [0.25, 0.3) is 0 Å². The molecule has 1 atom stereocenters. The van der Waals surface area contributed by atoms with E-state index in [1.165, 1.54) is 0 Å². The number of pyridine rings is 1. The van der Waals surface area contributed by atoms with Crippen LogP contribution in [0.3, 0.4) is 0 Å². The monoisotopic (exact) mass is 313 g/mol. The maximum Gasteiger partial charge on any atom is 0.225 e. The van der Waals surface area contributed by atoms with Crippen LogP contribution < -0.4 is 10.6 Å². The molecule has 3 heterocycles. The molecule has 1 aliphatic heterocycles. The van der Waals surface area contributed by atoms with Crippen molar-refractivity contribution in [2.45, 2.75) is 38.8 Å². The summed E-state index contributed by atoms with van der Waals surface area (Å²) in [5, 5.41) is 6.63. The number of hydrogen-bond acceptors (Lipinski definition) is 6. The first-order valence-electron chi connectivity index (χ1n) is 8.13. The van der Waals surface area contributed by atoms with Crippen molar-refractivity contribution in [3.05, 3.63) is 30.5 Å². The minimum absolute atomic E-state index is 0.264. The number of hydrogen-bond donors (Lipinski definition) is 2. The molecule has 1 fully saturated rings. The highest BCUT2D eigenvalue weighted by atomic mass is 16.5. The summed E-state index contributed by atoms with van der Waals surface area (Å²) in [6.45, 7) is 5.75. The second-order valence-electron chi connectivity index (χ2n) is 5.99. The molecule has 23 heavy (non-hydrogen) atoms. The Kier molecular flexibility index (Phi) is 5.02. The Balaban J connectivity index is 1.81. The lowest BCUT2D eigenvalue weighted by Crippen LogP contribution is -2.20. The van der Waals surface area contributed by atoms with E-state index in [0.717, 1.165) is 43.2 Å². The van der Waals surface area contributed by atoms with E-state index in [1.807, 2.05) is 24.3 Å². The van der Waals surface area contributed by atoms with Crippen molar-refractivity contribution in [3.63, 3.8) is 0 Å². The van der Waals surface area contributed by atoms with Crippen LogP contribution >= 0.6 is 0 Å². The topological polar surface area (TPSA) is 72.0 Å². The molecule has 0 amide bonds. The summed E-state index contributed by atoms with van der Waals surface area (Å²) in [5.41, 5.74) is 1.64. The smallest absolute Gasteiger partial charge is 0.225 e. The van der Waals surface area contributed by atoms with Gasteiger partial charge in [-0.3, -0.25) is 4.98 Å². The minimum Gasteiger partial charge on any atom is -0.376 e. The van der Waals surface area contributed by atoms with Gasteiger partial charge < -0.3 is 15.4 Å². The van der Waals surface area contributed by atoms with Crippen LogP contribution in [0, 0.1) is 0 Å². The second-order valence-corrected chi connectivity index (χ2v) is 5.99. The molecule has 0 saturated carbocycles. The summed E-state index contributed by atoms with van der Waals surface area (Å²) in [6.07, 6.45) is 4.27. The van der Waals surface area contributed by atoms with Gasteiger partial charge in [-0.1, -0.05) is 6.07 Å². The normalized spacial score (nSPS) is 17.4. The lowest BCUT2D eigenvalue weighted by Gasteiger charge is -2.14. The molecule has 3 rings (SSSR count). The van der Waals surface area contributed by atoms with Gasteiger partial charge in [-0.25, -0.2) is 4.98 Å². The van der Waals surface area contributed by atoms with Crippen molar-refractivity contribution in [1.82, 2.24) is 15.0 Å². The largest absolute Gasteiger partial charge is 0.376 e. The summed E-state index contributed by atoms with van der Waals surface area (Å²) >= 11 is 0. The third-order valence-electron chi connectivity index (χ3n) is 3.61. The first kappa shape index (κ1) is 15.7. The van der Waals surface area contributed by atoms with Crippen LogP contribution in [0.25, 0.3) is 11.4 Å². The molecule has 0 radical (unpaired) electrons. The second kappa shape index (κ2) is 7.37. The van der Waals surface area contributed by atoms with E-state index in [9.17, 15) is 0 Å². The van der Waals surface area contributed by atoms with Crippen molar-refractivity contribution >= 4 is 11.8 Å². The Morgan fingerprint density at radius 1 is 1.26 bits per heavy atom. The van der Waals surface area contributed by atoms with E-state index in [2.05, 4.69) is 39.4 Å². The molecule has 6 heteroatoms. The third-order valence-corrected chi connectivity index (χ3v) is 3.61. The van der Waals surface area contributed by atoms with E-state index in [-0.39, 0.29) is 12.1 Å². The van der Waals surface area contributed by atoms with Gasteiger partial charge in [0.2, 0.25) is 5.95 Å². The van der Waals surface area contributed by atoms with Gasteiger partial charge in [0.1, 0.15) is 5.82 Å². The summed E-state index contributed by atoms with van der Waals surface area (Å²) in [6, 6.07) is 8.00. The van der Waals surface area contributed by atoms with Gasteiger partial charge in [0.15, 0.2) is 0 Å². The van der Waals surface area contributed by atoms with Crippen LogP contribution in [-0.4, -0.2) is 40.2 Å². The molecule has 2 aromatic rings. The first-order chi connectivity index (χ1) is 11.2. The van der Waals surface area contributed by atoms with Crippen molar-refractivity contribution in [1.29, 1.82) is 0 Å². The molecule has 0 spiro atoms. The third kappa shape index (κ3) is 4.39. The molecular weight excluding hydrogens is 290 g/mol. The van der Waals surface area contributed by atoms with Crippen molar-refractivity contribution in [2.24, 2.45) is 0 Å². The molecule has 0 unspecified atom stereocenters. The molecule has 2 aromatic heterocycles. The molecule has 2 N–H and O–H groups in total. The zero-order valence-corrected chi connectivity index (χ0v) is 13.6. The van der Waals surface area contributed by atoms with E-state index in [4.69, 9.17) is 4.74 Å². The van der Waals surface area contributed by atoms with Gasteiger partial charge in [-0.2, -0.15) is 4.98 Å². The molecule has 6 nitrogen and oxygen atoms in total. The van der Waals surface area contributed by atoms with Gasteiger partial charge in [-0.05, 0) is 38.8 Å². The fraction of sp³-hybridized carbons (Fsp3) is 0.471. The Bertz CT molecular complexity index is 626. The number of rotatable bonds is 6. The molecular formula is C17H23N5O. The highest BCUT2D eigenvalue weighted by Gasteiger charge is 2.16. The van der Waals surface area contributed by atoms with E-state index >= 15 is 0 Å². The van der Waals surface area contributed by atoms with Gasteiger partial charge >= 0.3 is 0 Å². The van der Waals surface area contributed by atoms with Crippen molar-refractivity contribution in [2.75, 3.05) is 23.8 Å². The Labute approximate surface area is 136 Å². The summed E-state index contributed by atoms with van der Waals surface area (Å²) < 4.78 is 5.65. The SMILES string of the molecule is CC(C)Nc1nc(NC[C@H]2CCCO2)cc(-c2ccccn2)n1. The fourth-order valence-electron chi connectivity index (χ4n) is 2.53. The van der Waals surface area contributed by atoms with Crippen LogP contribution in [0.15, 0.2) is 30.5 Å². The number of aromatic nitrogens is 3. The number of nitrogens with zero attached hydrogens (tertiary/aromatic N) is 3. The zero-order chi connectivity index (χ0) is 16.1. The zero-order valence-electron chi connectivity index (χ0n) is 13.6. The summed E-state index contributed by atoms with van der Waals surface area (Å²) in [4.78, 5) is 13.5. The quantitative estimate of drug-likeness (QED) is 0.854. The average molecular weight is 313 g/mol. The number of anilines is 2. The van der Waals surface area contributed by atoms with Crippen LogP contribution in [0.1, 0.15) is 26.7 Å². The standard InChI is InChI=1S/C17H23N5O/c1-12(2)20-17-21-15(14-7-3-4-8-18-14)10-16(22-17)19-11-13-6-5-9-23-13/h3-4,7-8,10,12-13H,5-6,9,11H2,1-2H3,(H2,19,20,21,22)/t13-/m1/s1. The molecule has 1 saturated heterocycles. The van der Waals surface area contributed by atoms with E-state index in [1.54, 1.807) is 6.20 Å². The summed E-state index contributed by atoms with van der Waals surface area (Å²) in [5.74, 6) is 1.40. The lowest BCUT2D eigenvalue weighted by atomic mass is 10.2. The predicted molar refractivity (Wildman–Crippen MR) is 91.5 cm³/mol. The van der Waals surface area contributed by atoms with Crippen LogP contribution in [0.4, 0.5) is 11.8 Å². The van der Waals surface area contributed by atoms with Crippen LogP contribution in [-0.2, 0) is 4.74 Å². The fourth-order valence-corrected chi connectivity index (χ4v) is 2.53. The first-order valence-corrected chi connectivity index (χ1v) is 8.13. The molecule has 0 aliphatic carbocycles. The summed E-state index contributed by atoms with van der Waals surface area (Å²) in [7, 11) is 0. The minimum atomic E-state index is 0.264. The Hall–Kier alpha value is -2.21. The van der Waals surface area contributed by atoms with Gasteiger partial charge in [0, 0.05) is 31.5 Å². The lowest BCUT2D eigenvalue weighted by molar-refractivity contribution is 0.120. The highest BCUT2D eigenvalue weighted by Crippen LogP contribution is 2.20. The van der Waals surface area contributed by atoms with Crippen LogP contribution in [0.2, 0.25) is 0 Å². The molecule has 0 aromatic carbocycles. The average Bonchev–Trinajstić information content (AvgIpc) is 3.06. The number of ether oxygens (including phenoxy) is 1. The van der Waals surface area contributed by atoms with Crippen molar-refractivity contribution in [3.8, 4) is 11.4 Å². The molecule has 0 bridgehead atoms.